The van der Waals surface area contributed by atoms with Gasteiger partial charge in [-0.3, -0.25) is 4.68 Å². The van der Waals surface area contributed by atoms with Crippen LogP contribution in [0.15, 0.2) is 24.7 Å². The first-order valence-corrected chi connectivity index (χ1v) is 4.67. The third-order valence-electron chi connectivity index (χ3n) is 2.19. The van der Waals surface area contributed by atoms with Crippen LogP contribution in [-0.2, 0) is 13.5 Å². The minimum absolute atomic E-state index is 0.656. The third kappa shape index (κ3) is 1.56. The van der Waals surface area contributed by atoms with Gasteiger partial charge in [0, 0.05) is 31.2 Å². The Kier molecular flexibility index (Phi) is 2.37. The van der Waals surface area contributed by atoms with Gasteiger partial charge in [0.05, 0.1) is 5.69 Å². The summed E-state index contributed by atoms with van der Waals surface area (Å²) < 4.78 is 1.83. The Bertz CT molecular complexity index is 400. The predicted octanol–water partition coefficient (Wildman–Crippen LogP) is 0.916. The summed E-state index contributed by atoms with van der Waals surface area (Å²) >= 11 is 0. The number of nitrogens with two attached hydrogens (primary N) is 1. The van der Waals surface area contributed by atoms with E-state index < -0.39 is 0 Å². The van der Waals surface area contributed by atoms with Crippen molar-refractivity contribution in [3.63, 3.8) is 0 Å². The van der Waals surface area contributed by atoms with Crippen molar-refractivity contribution >= 4 is 0 Å². The summed E-state index contributed by atoms with van der Waals surface area (Å²) in [6, 6.07) is 2.02. The molecule has 3 N–H and O–H groups in total. The summed E-state index contributed by atoms with van der Waals surface area (Å²) in [5.41, 5.74) is 8.90. The molecule has 4 heteroatoms. The fraction of sp³-hybridized carbons (Fsp3) is 0.300. The van der Waals surface area contributed by atoms with Crippen LogP contribution in [0.5, 0.6) is 0 Å². The average molecular weight is 190 g/mol. The van der Waals surface area contributed by atoms with E-state index in [9.17, 15) is 0 Å². The number of H-pyrrole nitrogens is 1. The number of aromatic nitrogens is 3. The summed E-state index contributed by atoms with van der Waals surface area (Å²) in [5, 5.41) is 4.41. The molecule has 0 aliphatic rings. The van der Waals surface area contributed by atoms with Gasteiger partial charge in [0.2, 0.25) is 0 Å². The van der Waals surface area contributed by atoms with E-state index in [2.05, 4.69) is 10.1 Å². The van der Waals surface area contributed by atoms with Crippen molar-refractivity contribution in [2.75, 3.05) is 6.54 Å². The number of hydrogen-bond acceptors (Lipinski definition) is 2. The lowest BCUT2D eigenvalue weighted by Gasteiger charge is -1.96. The van der Waals surface area contributed by atoms with Crippen molar-refractivity contribution < 1.29 is 0 Å². The highest BCUT2D eigenvalue weighted by atomic mass is 15.3. The molecule has 2 aromatic heterocycles. The molecule has 0 aliphatic heterocycles. The van der Waals surface area contributed by atoms with Gasteiger partial charge in [0.15, 0.2) is 0 Å². The Balaban J connectivity index is 2.41. The van der Waals surface area contributed by atoms with Crippen LogP contribution in [0.3, 0.4) is 0 Å². The maximum Gasteiger partial charge on any atom is 0.0970 e. The first kappa shape index (κ1) is 9.02. The van der Waals surface area contributed by atoms with Gasteiger partial charge in [-0.2, -0.15) is 5.10 Å². The molecule has 2 heterocycles. The fourth-order valence-corrected chi connectivity index (χ4v) is 1.59. The van der Waals surface area contributed by atoms with Gasteiger partial charge in [0.25, 0.3) is 0 Å². The van der Waals surface area contributed by atoms with E-state index in [4.69, 9.17) is 5.73 Å². The summed E-state index contributed by atoms with van der Waals surface area (Å²) in [4.78, 5) is 3.03. The van der Waals surface area contributed by atoms with E-state index in [0.717, 1.165) is 17.7 Å². The van der Waals surface area contributed by atoms with Crippen molar-refractivity contribution in [1.82, 2.24) is 14.8 Å². The lowest BCUT2D eigenvalue weighted by molar-refractivity contribution is 0.769. The molecule has 0 saturated heterocycles. The van der Waals surface area contributed by atoms with Gasteiger partial charge in [-0.05, 0) is 24.6 Å². The lowest BCUT2D eigenvalue weighted by Crippen LogP contribution is -2.02. The van der Waals surface area contributed by atoms with Crippen molar-refractivity contribution in [2.24, 2.45) is 12.8 Å². The lowest BCUT2D eigenvalue weighted by atomic mass is 10.1. The third-order valence-corrected chi connectivity index (χ3v) is 2.19. The Morgan fingerprint density at radius 1 is 1.57 bits per heavy atom. The van der Waals surface area contributed by atoms with Crippen molar-refractivity contribution in [2.45, 2.75) is 6.42 Å². The van der Waals surface area contributed by atoms with Crippen LogP contribution in [0, 0.1) is 0 Å². The molecule has 2 aromatic rings. The first-order chi connectivity index (χ1) is 6.81. The molecule has 4 nitrogen and oxygen atoms in total. The Morgan fingerprint density at radius 3 is 3.07 bits per heavy atom. The fourth-order valence-electron chi connectivity index (χ4n) is 1.59. The standard InChI is InChI=1S/C10H14N4/c1-14-7-9(2-4-11)10(13-14)8-3-5-12-6-8/h3,5-7,12H,2,4,11H2,1H3. The molecule has 14 heavy (non-hydrogen) atoms. The highest BCUT2D eigenvalue weighted by molar-refractivity contribution is 5.61. The van der Waals surface area contributed by atoms with E-state index in [0.29, 0.717) is 6.54 Å². The quantitative estimate of drug-likeness (QED) is 0.756. The highest BCUT2D eigenvalue weighted by Crippen LogP contribution is 2.21. The number of aryl methyl sites for hydroxylation is 1. The number of aromatic amines is 1. The SMILES string of the molecule is Cn1cc(CCN)c(-c2cc[nH]c2)n1. The van der Waals surface area contributed by atoms with Crippen LogP contribution in [0.2, 0.25) is 0 Å². The molecule has 0 aromatic carbocycles. The molecule has 0 aliphatic carbocycles. The van der Waals surface area contributed by atoms with Gasteiger partial charge in [-0.15, -0.1) is 0 Å². The number of hydrogen-bond donors (Lipinski definition) is 2. The molecule has 0 unspecified atom stereocenters. The number of nitrogens with one attached hydrogen (secondary N) is 1. The van der Waals surface area contributed by atoms with E-state index in [-0.39, 0.29) is 0 Å². The maximum absolute atomic E-state index is 5.55. The molecule has 0 atom stereocenters. The molecule has 2 rings (SSSR count). The number of nitrogens with zero attached hydrogens (tertiary/aromatic N) is 2. The second kappa shape index (κ2) is 3.67. The van der Waals surface area contributed by atoms with E-state index >= 15 is 0 Å². The minimum atomic E-state index is 0.656. The summed E-state index contributed by atoms with van der Waals surface area (Å²) in [5.74, 6) is 0. The van der Waals surface area contributed by atoms with Gasteiger partial charge < -0.3 is 10.7 Å². The average Bonchev–Trinajstić information content (AvgIpc) is 2.74. The molecular formula is C10H14N4. The van der Waals surface area contributed by atoms with Crippen LogP contribution in [0.25, 0.3) is 11.3 Å². The van der Waals surface area contributed by atoms with Gasteiger partial charge >= 0.3 is 0 Å². The molecule has 0 saturated carbocycles. The molecule has 0 spiro atoms. The van der Waals surface area contributed by atoms with E-state index in [1.54, 1.807) is 0 Å². The molecular weight excluding hydrogens is 176 g/mol. The van der Waals surface area contributed by atoms with Gasteiger partial charge in [0.1, 0.15) is 0 Å². The second-order valence-electron chi connectivity index (χ2n) is 3.31. The monoisotopic (exact) mass is 190 g/mol. The normalized spacial score (nSPS) is 10.7. The van der Waals surface area contributed by atoms with E-state index in [1.165, 1.54) is 5.56 Å². The number of rotatable bonds is 3. The first-order valence-electron chi connectivity index (χ1n) is 4.67. The Morgan fingerprint density at radius 2 is 2.43 bits per heavy atom. The summed E-state index contributed by atoms with van der Waals surface area (Å²) in [7, 11) is 1.93. The zero-order valence-corrected chi connectivity index (χ0v) is 8.20. The molecule has 0 amide bonds. The Labute approximate surface area is 82.7 Å². The van der Waals surface area contributed by atoms with Crippen LogP contribution in [0.1, 0.15) is 5.56 Å². The highest BCUT2D eigenvalue weighted by Gasteiger charge is 2.08. The summed E-state index contributed by atoms with van der Waals surface area (Å²) in [6.07, 6.45) is 6.74. The zero-order chi connectivity index (χ0) is 9.97. The molecule has 0 fully saturated rings. The molecule has 0 bridgehead atoms. The smallest absolute Gasteiger partial charge is 0.0970 e. The largest absolute Gasteiger partial charge is 0.367 e. The van der Waals surface area contributed by atoms with E-state index in [1.807, 2.05) is 36.4 Å². The van der Waals surface area contributed by atoms with Gasteiger partial charge in [-0.1, -0.05) is 0 Å². The zero-order valence-electron chi connectivity index (χ0n) is 8.20. The van der Waals surface area contributed by atoms with Gasteiger partial charge in [-0.25, -0.2) is 0 Å². The van der Waals surface area contributed by atoms with Crippen molar-refractivity contribution in [1.29, 1.82) is 0 Å². The minimum Gasteiger partial charge on any atom is -0.367 e. The topological polar surface area (TPSA) is 59.6 Å². The van der Waals surface area contributed by atoms with Crippen LogP contribution in [-0.4, -0.2) is 21.3 Å². The van der Waals surface area contributed by atoms with Crippen LogP contribution >= 0.6 is 0 Å². The maximum atomic E-state index is 5.55. The second-order valence-corrected chi connectivity index (χ2v) is 3.31. The van der Waals surface area contributed by atoms with Crippen molar-refractivity contribution in [3.05, 3.63) is 30.2 Å². The van der Waals surface area contributed by atoms with Crippen LogP contribution < -0.4 is 5.73 Å². The predicted molar refractivity (Wildman–Crippen MR) is 55.8 cm³/mol. The van der Waals surface area contributed by atoms with Crippen LogP contribution in [0.4, 0.5) is 0 Å². The van der Waals surface area contributed by atoms with Crippen molar-refractivity contribution in [3.8, 4) is 11.3 Å². The summed E-state index contributed by atoms with van der Waals surface area (Å²) in [6.45, 7) is 0.656. The Hall–Kier alpha value is -1.55. The molecule has 0 radical (unpaired) electrons. The molecule has 74 valence electrons.